The Morgan fingerprint density at radius 3 is 2.18 bits per heavy atom. The van der Waals surface area contributed by atoms with Crippen molar-refractivity contribution in [3.63, 3.8) is 0 Å². The van der Waals surface area contributed by atoms with Crippen molar-refractivity contribution >= 4 is 5.69 Å². The molecule has 0 fully saturated rings. The standard InChI is InChI=1S/C20H26N2/c1-20(2,3)17-12-10-15(11-13-17)19-21(4)14-16-8-6-7-9-18(16)22(19)5/h6-13,19H,14H2,1-5H3. The van der Waals surface area contributed by atoms with Gasteiger partial charge >= 0.3 is 0 Å². The summed E-state index contributed by atoms with van der Waals surface area (Å²) in [6, 6.07) is 17.8. The first kappa shape index (κ1) is 15.1. The summed E-state index contributed by atoms with van der Waals surface area (Å²) >= 11 is 0. The molecule has 1 heterocycles. The second kappa shape index (κ2) is 5.44. The third-order valence-electron chi connectivity index (χ3n) is 4.65. The van der Waals surface area contributed by atoms with E-state index in [1.54, 1.807) is 0 Å². The molecule has 2 aromatic rings. The Balaban J connectivity index is 1.95. The van der Waals surface area contributed by atoms with Gasteiger partial charge < -0.3 is 4.90 Å². The van der Waals surface area contributed by atoms with Gasteiger partial charge in [0, 0.05) is 19.3 Å². The maximum atomic E-state index is 2.41. The molecule has 0 saturated heterocycles. The fraction of sp³-hybridized carbons (Fsp3) is 0.400. The number of anilines is 1. The molecule has 0 aromatic heterocycles. The van der Waals surface area contributed by atoms with Crippen LogP contribution in [0.1, 0.15) is 43.6 Å². The van der Waals surface area contributed by atoms with E-state index >= 15 is 0 Å². The zero-order chi connectivity index (χ0) is 15.9. The Hall–Kier alpha value is -1.80. The number of para-hydroxylation sites is 1. The van der Waals surface area contributed by atoms with E-state index in [0.29, 0.717) is 6.17 Å². The third-order valence-corrected chi connectivity index (χ3v) is 4.65. The van der Waals surface area contributed by atoms with Gasteiger partial charge in [-0.2, -0.15) is 0 Å². The van der Waals surface area contributed by atoms with Crippen LogP contribution >= 0.6 is 0 Å². The van der Waals surface area contributed by atoms with Gasteiger partial charge in [-0.15, -0.1) is 0 Å². The van der Waals surface area contributed by atoms with Crippen LogP contribution < -0.4 is 4.90 Å². The van der Waals surface area contributed by atoms with E-state index in [0.717, 1.165) is 6.54 Å². The lowest BCUT2D eigenvalue weighted by atomic mass is 9.86. The Labute approximate surface area is 134 Å². The summed E-state index contributed by atoms with van der Waals surface area (Å²) in [5, 5.41) is 0. The number of hydrogen-bond donors (Lipinski definition) is 0. The topological polar surface area (TPSA) is 6.48 Å². The van der Waals surface area contributed by atoms with Crippen LogP contribution in [0.4, 0.5) is 5.69 Å². The quantitative estimate of drug-likeness (QED) is 0.760. The molecule has 1 aliphatic rings. The van der Waals surface area contributed by atoms with Crippen LogP contribution in [0.3, 0.4) is 0 Å². The molecule has 0 amide bonds. The minimum Gasteiger partial charge on any atom is -0.355 e. The molecule has 0 N–H and O–H groups in total. The van der Waals surface area contributed by atoms with Crippen LogP contribution in [0.25, 0.3) is 0 Å². The highest BCUT2D eigenvalue weighted by molar-refractivity contribution is 5.56. The number of hydrogen-bond acceptors (Lipinski definition) is 2. The molecule has 1 atom stereocenters. The van der Waals surface area contributed by atoms with Crippen LogP contribution in [0, 0.1) is 0 Å². The number of benzene rings is 2. The molecule has 2 heteroatoms. The summed E-state index contributed by atoms with van der Waals surface area (Å²) in [5.41, 5.74) is 5.68. The van der Waals surface area contributed by atoms with E-state index in [-0.39, 0.29) is 5.41 Å². The Bertz CT molecular complexity index is 652. The first-order valence-corrected chi connectivity index (χ1v) is 7.99. The lowest BCUT2D eigenvalue weighted by Crippen LogP contribution is -2.41. The second-order valence-corrected chi connectivity index (χ2v) is 7.40. The zero-order valence-corrected chi connectivity index (χ0v) is 14.3. The Morgan fingerprint density at radius 1 is 0.909 bits per heavy atom. The minimum atomic E-state index is 0.204. The highest BCUT2D eigenvalue weighted by Gasteiger charge is 2.28. The van der Waals surface area contributed by atoms with Crippen LogP contribution in [0.5, 0.6) is 0 Å². The normalized spacial score (nSPS) is 19.1. The first-order valence-electron chi connectivity index (χ1n) is 7.99. The van der Waals surface area contributed by atoms with Crippen molar-refractivity contribution < 1.29 is 0 Å². The molecule has 22 heavy (non-hydrogen) atoms. The van der Waals surface area contributed by atoms with Crippen LogP contribution in [0.2, 0.25) is 0 Å². The molecule has 1 unspecified atom stereocenters. The van der Waals surface area contributed by atoms with Crippen molar-refractivity contribution in [1.82, 2.24) is 4.90 Å². The Morgan fingerprint density at radius 2 is 1.55 bits per heavy atom. The summed E-state index contributed by atoms with van der Waals surface area (Å²) in [4.78, 5) is 4.79. The molecule has 0 radical (unpaired) electrons. The van der Waals surface area contributed by atoms with Gasteiger partial charge in [0.2, 0.25) is 0 Å². The SMILES string of the molecule is CN1Cc2ccccc2N(C)C1c1ccc(C(C)(C)C)cc1. The van der Waals surface area contributed by atoms with Crippen LogP contribution in [-0.2, 0) is 12.0 Å². The molecular formula is C20H26N2. The summed E-state index contributed by atoms with van der Waals surface area (Å²) < 4.78 is 0. The summed E-state index contributed by atoms with van der Waals surface area (Å²) in [6.07, 6.45) is 0.295. The lowest BCUT2D eigenvalue weighted by molar-refractivity contribution is 0.221. The molecule has 0 bridgehead atoms. The van der Waals surface area contributed by atoms with Gasteiger partial charge in [-0.1, -0.05) is 63.2 Å². The number of rotatable bonds is 1. The molecule has 116 valence electrons. The Kier molecular flexibility index (Phi) is 3.73. The monoisotopic (exact) mass is 294 g/mol. The largest absolute Gasteiger partial charge is 0.355 e. The van der Waals surface area contributed by atoms with Crippen molar-refractivity contribution in [3.05, 3.63) is 65.2 Å². The molecule has 0 saturated carbocycles. The van der Waals surface area contributed by atoms with Gasteiger partial charge in [-0.25, -0.2) is 0 Å². The number of nitrogens with zero attached hydrogens (tertiary/aromatic N) is 2. The average Bonchev–Trinajstić information content (AvgIpc) is 2.47. The molecule has 2 nitrogen and oxygen atoms in total. The van der Waals surface area contributed by atoms with E-state index in [1.807, 2.05) is 0 Å². The molecule has 1 aliphatic heterocycles. The summed E-state index contributed by atoms with van der Waals surface area (Å²) in [7, 11) is 4.39. The third kappa shape index (κ3) is 2.64. The van der Waals surface area contributed by atoms with Crippen molar-refractivity contribution in [2.45, 2.75) is 38.9 Å². The van der Waals surface area contributed by atoms with Gasteiger partial charge in [-0.05, 0) is 35.2 Å². The van der Waals surface area contributed by atoms with Crippen molar-refractivity contribution in [2.24, 2.45) is 0 Å². The van der Waals surface area contributed by atoms with Gasteiger partial charge in [0.15, 0.2) is 0 Å². The predicted molar refractivity (Wildman–Crippen MR) is 94.2 cm³/mol. The molecular weight excluding hydrogens is 268 g/mol. The fourth-order valence-electron chi connectivity index (χ4n) is 3.40. The smallest absolute Gasteiger partial charge is 0.108 e. The maximum absolute atomic E-state index is 2.41. The van der Waals surface area contributed by atoms with Crippen LogP contribution in [-0.4, -0.2) is 19.0 Å². The van der Waals surface area contributed by atoms with Crippen molar-refractivity contribution in [1.29, 1.82) is 0 Å². The first-order chi connectivity index (χ1) is 10.4. The summed E-state index contributed by atoms with van der Waals surface area (Å²) in [5.74, 6) is 0. The second-order valence-electron chi connectivity index (χ2n) is 7.40. The maximum Gasteiger partial charge on any atom is 0.108 e. The predicted octanol–water partition coefficient (Wildman–Crippen LogP) is 4.56. The van der Waals surface area contributed by atoms with Gasteiger partial charge in [0.05, 0.1) is 0 Å². The fourth-order valence-corrected chi connectivity index (χ4v) is 3.40. The molecule has 0 aliphatic carbocycles. The zero-order valence-electron chi connectivity index (χ0n) is 14.3. The van der Waals surface area contributed by atoms with E-state index in [1.165, 1.54) is 22.4 Å². The highest BCUT2D eigenvalue weighted by Crippen LogP contribution is 2.37. The molecule has 0 spiro atoms. The van der Waals surface area contributed by atoms with E-state index < -0.39 is 0 Å². The van der Waals surface area contributed by atoms with Gasteiger partial charge in [0.25, 0.3) is 0 Å². The van der Waals surface area contributed by atoms with Crippen molar-refractivity contribution in [2.75, 3.05) is 19.0 Å². The summed E-state index contributed by atoms with van der Waals surface area (Å²) in [6.45, 7) is 7.78. The lowest BCUT2D eigenvalue weighted by Gasteiger charge is -2.42. The number of fused-ring (bicyclic) bond motifs is 1. The van der Waals surface area contributed by atoms with Gasteiger partial charge in [-0.3, -0.25) is 4.90 Å². The van der Waals surface area contributed by atoms with E-state index in [2.05, 4.69) is 93.2 Å². The van der Waals surface area contributed by atoms with Crippen LogP contribution in [0.15, 0.2) is 48.5 Å². The van der Waals surface area contributed by atoms with Gasteiger partial charge in [0.1, 0.15) is 6.17 Å². The molecule has 2 aromatic carbocycles. The van der Waals surface area contributed by atoms with Crippen molar-refractivity contribution in [3.8, 4) is 0 Å². The highest BCUT2D eigenvalue weighted by atomic mass is 15.4. The molecule has 3 rings (SSSR count). The van der Waals surface area contributed by atoms with E-state index in [9.17, 15) is 0 Å². The van der Waals surface area contributed by atoms with E-state index in [4.69, 9.17) is 0 Å². The average molecular weight is 294 g/mol. The minimum absolute atomic E-state index is 0.204.